The highest BCUT2D eigenvalue weighted by Gasteiger charge is 2.32. The van der Waals surface area contributed by atoms with Crippen LogP contribution in [0, 0.1) is 11.8 Å². The first kappa shape index (κ1) is 22.8. The summed E-state index contributed by atoms with van der Waals surface area (Å²) in [6.07, 6.45) is 18.3. The molecule has 1 atom stereocenters. The fraction of sp³-hybridized carbons (Fsp3) is 0.727. The lowest BCUT2D eigenvalue weighted by atomic mass is 10.1. The summed E-state index contributed by atoms with van der Waals surface area (Å²) in [6, 6.07) is 0. The molecule has 1 saturated heterocycles. The molecule has 0 saturated carbocycles. The van der Waals surface area contributed by atoms with Gasteiger partial charge in [-0.2, -0.15) is 0 Å². The van der Waals surface area contributed by atoms with Crippen LogP contribution in [0.4, 0.5) is 0 Å². The highest BCUT2D eigenvalue weighted by atomic mass is 16.7. The van der Waals surface area contributed by atoms with E-state index < -0.39 is 5.79 Å². The maximum absolute atomic E-state index is 8.70. The van der Waals surface area contributed by atoms with Gasteiger partial charge in [0.15, 0.2) is 5.79 Å². The number of unbranched alkanes of at least 4 members (excludes halogenated alkanes) is 8. The zero-order chi connectivity index (χ0) is 18.9. The Morgan fingerprint density at radius 3 is 2.31 bits per heavy atom. The summed E-state index contributed by atoms with van der Waals surface area (Å²) in [4.78, 5) is 0. The van der Waals surface area contributed by atoms with Crippen molar-refractivity contribution in [2.45, 2.75) is 83.5 Å². The lowest BCUT2D eigenvalue weighted by molar-refractivity contribution is -0.142. The summed E-state index contributed by atoms with van der Waals surface area (Å²) < 4.78 is 16.5. The van der Waals surface area contributed by atoms with Gasteiger partial charge >= 0.3 is 0 Å². The average molecular weight is 365 g/mol. The monoisotopic (exact) mass is 364 g/mol. The third-order valence-electron chi connectivity index (χ3n) is 4.16. The minimum atomic E-state index is -0.497. The second-order valence-electron chi connectivity index (χ2n) is 7.12. The first-order chi connectivity index (χ1) is 12.6. The van der Waals surface area contributed by atoms with Crippen molar-refractivity contribution in [1.82, 2.24) is 0 Å². The van der Waals surface area contributed by atoms with Crippen LogP contribution in [0.1, 0.15) is 71.6 Å². The molecule has 26 heavy (non-hydrogen) atoms. The number of rotatable bonds is 13. The molecule has 4 nitrogen and oxygen atoms in total. The van der Waals surface area contributed by atoms with Crippen LogP contribution in [0.15, 0.2) is 24.5 Å². The normalized spacial score (nSPS) is 19.1. The molecule has 0 spiro atoms. The zero-order valence-electron chi connectivity index (χ0n) is 16.5. The van der Waals surface area contributed by atoms with E-state index in [0.29, 0.717) is 19.8 Å². The van der Waals surface area contributed by atoms with Crippen LogP contribution in [0.5, 0.6) is 0 Å². The number of ether oxygens (including phenoxy) is 3. The van der Waals surface area contributed by atoms with E-state index in [-0.39, 0.29) is 6.10 Å². The maximum Gasteiger partial charge on any atom is 0.163 e. The molecule has 148 valence electrons. The van der Waals surface area contributed by atoms with Crippen molar-refractivity contribution in [1.29, 1.82) is 0 Å². The molecule has 0 unspecified atom stereocenters. The Hall–Kier alpha value is -1.28. The van der Waals surface area contributed by atoms with E-state index >= 15 is 0 Å². The number of hydrogen-bond donors (Lipinski definition) is 1. The SMILES string of the molecule is CC1(C)OC[C@@H](CO/C=C\C#C/C=C\CCCCCCCCCCO)O1. The van der Waals surface area contributed by atoms with Crippen molar-refractivity contribution >= 4 is 0 Å². The first-order valence-electron chi connectivity index (χ1n) is 9.99. The van der Waals surface area contributed by atoms with Crippen molar-refractivity contribution in [3.05, 3.63) is 24.5 Å². The number of allylic oxidation sites excluding steroid dienone is 3. The van der Waals surface area contributed by atoms with Gasteiger partial charge in [0.1, 0.15) is 12.7 Å². The Morgan fingerprint density at radius 2 is 1.65 bits per heavy atom. The van der Waals surface area contributed by atoms with E-state index in [1.54, 1.807) is 12.3 Å². The van der Waals surface area contributed by atoms with E-state index in [0.717, 1.165) is 12.8 Å². The molecule has 0 bridgehead atoms. The predicted molar refractivity (Wildman–Crippen MR) is 106 cm³/mol. The summed E-state index contributed by atoms with van der Waals surface area (Å²) >= 11 is 0. The van der Waals surface area contributed by atoms with Gasteiger partial charge in [-0.05, 0) is 39.2 Å². The molecule has 1 aliphatic heterocycles. The van der Waals surface area contributed by atoms with E-state index in [4.69, 9.17) is 19.3 Å². The van der Waals surface area contributed by atoms with E-state index in [1.807, 2.05) is 19.9 Å². The molecule has 0 amide bonds. The average Bonchev–Trinajstić information content (AvgIpc) is 2.96. The Kier molecular flexibility index (Phi) is 13.0. The fourth-order valence-corrected chi connectivity index (χ4v) is 2.76. The van der Waals surface area contributed by atoms with Crippen LogP contribution in [0.2, 0.25) is 0 Å². The number of aliphatic hydroxyl groups is 1. The molecule has 0 aromatic heterocycles. The lowest BCUT2D eigenvalue weighted by Gasteiger charge is -2.16. The fourth-order valence-electron chi connectivity index (χ4n) is 2.76. The van der Waals surface area contributed by atoms with Crippen molar-refractivity contribution < 1.29 is 19.3 Å². The van der Waals surface area contributed by atoms with Crippen LogP contribution < -0.4 is 0 Å². The third-order valence-corrected chi connectivity index (χ3v) is 4.16. The first-order valence-corrected chi connectivity index (χ1v) is 9.99. The summed E-state index contributed by atoms with van der Waals surface area (Å²) in [5.74, 6) is 5.42. The molecule has 4 heteroatoms. The molecule has 0 aromatic rings. The summed E-state index contributed by atoms with van der Waals surface area (Å²) in [7, 11) is 0. The molecule has 1 fully saturated rings. The van der Waals surface area contributed by atoms with Crippen LogP contribution >= 0.6 is 0 Å². The quantitative estimate of drug-likeness (QED) is 0.291. The van der Waals surface area contributed by atoms with Gasteiger partial charge in [-0.25, -0.2) is 0 Å². The van der Waals surface area contributed by atoms with Crippen LogP contribution in [0.25, 0.3) is 0 Å². The van der Waals surface area contributed by atoms with Crippen molar-refractivity contribution in [3.63, 3.8) is 0 Å². The summed E-state index contributed by atoms with van der Waals surface area (Å²) in [5, 5.41) is 8.70. The molecule has 0 radical (unpaired) electrons. The van der Waals surface area contributed by atoms with Gasteiger partial charge < -0.3 is 19.3 Å². The molecule has 1 heterocycles. The summed E-state index contributed by atoms with van der Waals surface area (Å²) in [5.41, 5.74) is 0. The lowest BCUT2D eigenvalue weighted by Crippen LogP contribution is -2.23. The number of aliphatic hydroxyl groups excluding tert-OH is 1. The molecule has 0 aromatic carbocycles. The second-order valence-corrected chi connectivity index (χ2v) is 7.12. The van der Waals surface area contributed by atoms with Gasteiger partial charge in [0.05, 0.1) is 12.9 Å². The Balaban J connectivity index is 1.89. The van der Waals surface area contributed by atoms with Crippen LogP contribution in [0.3, 0.4) is 0 Å². The number of hydrogen-bond acceptors (Lipinski definition) is 4. The van der Waals surface area contributed by atoms with Gasteiger partial charge in [0, 0.05) is 12.7 Å². The Bertz CT molecular complexity index is 456. The van der Waals surface area contributed by atoms with Crippen LogP contribution in [-0.4, -0.2) is 36.8 Å². The minimum Gasteiger partial charge on any atom is -0.498 e. The van der Waals surface area contributed by atoms with Gasteiger partial charge in [-0.15, -0.1) is 0 Å². The van der Waals surface area contributed by atoms with Crippen LogP contribution in [-0.2, 0) is 14.2 Å². The van der Waals surface area contributed by atoms with Crippen molar-refractivity contribution in [3.8, 4) is 11.8 Å². The van der Waals surface area contributed by atoms with E-state index in [1.165, 1.54) is 44.9 Å². The molecule has 1 N–H and O–H groups in total. The zero-order valence-corrected chi connectivity index (χ0v) is 16.5. The Morgan fingerprint density at radius 1 is 1.00 bits per heavy atom. The molecular weight excluding hydrogens is 328 g/mol. The summed E-state index contributed by atoms with van der Waals surface area (Å²) in [6.45, 7) is 5.20. The van der Waals surface area contributed by atoms with E-state index in [2.05, 4.69) is 17.9 Å². The third kappa shape index (κ3) is 13.0. The van der Waals surface area contributed by atoms with Gasteiger partial charge in [0.25, 0.3) is 0 Å². The topological polar surface area (TPSA) is 47.9 Å². The van der Waals surface area contributed by atoms with Crippen molar-refractivity contribution in [2.24, 2.45) is 0 Å². The Labute approximate surface area is 159 Å². The molecule has 1 aliphatic rings. The maximum atomic E-state index is 8.70. The standard InChI is InChI=1S/C22H36O4/c1-22(2)25-20-21(26-22)19-24-18-16-14-12-10-8-6-4-3-5-7-9-11-13-15-17-23/h8,10,16,18,21,23H,3-7,9,11,13,15,17,19-20H2,1-2H3/b10-8-,18-16-/t21-/m1/s1. The largest absolute Gasteiger partial charge is 0.498 e. The van der Waals surface area contributed by atoms with E-state index in [9.17, 15) is 0 Å². The predicted octanol–water partition coefficient (Wildman–Crippen LogP) is 4.73. The van der Waals surface area contributed by atoms with Gasteiger partial charge in [-0.1, -0.05) is 56.4 Å². The highest BCUT2D eigenvalue weighted by Crippen LogP contribution is 2.22. The minimum absolute atomic E-state index is 0.0111. The highest BCUT2D eigenvalue weighted by molar-refractivity contribution is 5.22. The molecular formula is C22H36O4. The molecule has 0 aliphatic carbocycles. The molecule has 1 rings (SSSR count). The second kappa shape index (κ2) is 14.8. The van der Waals surface area contributed by atoms with Gasteiger partial charge in [-0.3, -0.25) is 0 Å². The van der Waals surface area contributed by atoms with Crippen molar-refractivity contribution in [2.75, 3.05) is 19.8 Å². The van der Waals surface area contributed by atoms with Gasteiger partial charge in [0.2, 0.25) is 0 Å². The smallest absolute Gasteiger partial charge is 0.163 e.